The first-order valence-corrected chi connectivity index (χ1v) is 8.19. The smallest absolute Gasteiger partial charge is 0.352 e. The molecule has 0 amide bonds. The van der Waals surface area contributed by atoms with Crippen LogP contribution in [-0.4, -0.2) is 30.6 Å². The van der Waals surface area contributed by atoms with Gasteiger partial charge in [-0.2, -0.15) is 0 Å². The fourth-order valence-electron chi connectivity index (χ4n) is 1.98. The van der Waals surface area contributed by atoms with Gasteiger partial charge in [-0.25, -0.2) is 17.9 Å². The molecule has 0 unspecified atom stereocenters. The second-order valence-electron chi connectivity index (χ2n) is 5.69. The molecule has 112 valence electrons. The summed E-state index contributed by atoms with van der Waals surface area (Å²) in [7, 11) is -3.64. The van der Waals surface area contributed by atoms with E-state index in [0.29, 0.717) is 13.1 Å². The van der Waals surface area contributed by atoms with E-state index in [2.05, 4.69) is 4.72 Å². The summed E-state index contributed by atoms with van der Waals surface area (Å²) in [5.74, 6) is -1.12. The third-order valence-electron chi connectivity index (χ3n) is 3.66. The second kappa shape index (κ2) is 5.21. The van der Waals surface area contributed by atoms with Crippen LogP contribution in [0, 0.1) is 5.41 Å². The van der Waals surface area contributed by atoms with Crippen LogP contribution < -0.4 is 4.72 Å². The van der Waals surface area contributed by atoms with Crippen molar-refractivity contribution in [1.82, 2.24) is 9.29 Å². The molecule has 1 aliphatic carbocycles. The van der Waals surface area contributed by atoms with Crippen LogP contribution in [0.25, 0.3) is 0 Å². The molecule has 1 saturated carbocycles. The molecule has 0 atom stereocenters. The molecular formula is C13H20N2O4S. The summed E-state index contributed by atoms with van der Waals surface area (Å²) in [4.78, 5) is 11.1. The van der Waals surface area contributed by atoms with Crippen LogP contribution in [0.4, 0.5) is 0 Å². The van der Waals surface area contributed by atoms with Gasteiger partial charge in [0, 0.05) is 19.3 Å². The molecule has 1 aliphatic rings. The Labute approximate surface area is 118 Å². The highest BCUT2D eigenvalue weighted by Gasteiger charge is 2.38. The van der Waals surface area contributed by atoms with Gasteiger partial charge in [-0.1, -0.05) is 13.8 Å². The van der Waals surface area contributed by atoms with Crippen molar-refractivity contribution in [2.75, 3.05) is 6.54 Å². The maximum atomic E-state index is 12.2. The number of nitrogens with one attached hydrogen (secondary N) is 1. The van der Waals surface area contributed by atoms with Gasteiger partial charge in [-0.15, -0.1) is 0 Å². The number of nitrogens with zero attached hydrogens (tertiary/aromatic N) is 1. The summed E-state index contributed by atoms with van der Waals surface area (Å²) in [5, 5.41) is 9.10. The molecule has 0 radical (unpaired) electrons. The number of aryl methyl sites for hydroxylation is 1. The number of carboxylic acids is 1. The monoisotopic (exact) mass is 300 g/mol. The molecular weight excluding hydrogens is 280 g/mol. The lowest BCUT2D eigenvalue weighted by Gasteiger charge is -2.09. The number of sulfonamides is 1. The van der Waals surface area contributed by atoms with E-state index >= 15 is 0 Å². The molecule has 2 rings (SSSR count). The topological polar surface area (TPSA) is 88.4 Å². The summed E-state index contributed by atoms with van der Waals surface area (Å²) < 4.78 is 28.4. The van der Waals surface area contributed by atoms with E-state index in [9.17, 15) is 13.2 Å². The number of hydrogen-bond donors (Lipinski definition) is 2. The van der Waals surface area contributed by atoms with Crippen molar-refractivity contribution < 1.29 is 18.3 Å². The van der Waals surface area contributed by atoms with Crippen LogP contribution in [0.15, 0.2) is 17.2 Å². The molecule has 7 heteroatoms. The number of rotatable bonds is 7. The number of hydrogen-bond acceptors (Lipinski definition) is 3. The molecule has 0 saturated heterocycles. The fourth-order valence-corrected chi connectivity index (χ4v) is 3.22. The predicted octanol–water partition coefficient (Wildman–Crippen LogP) is 1.67. The molecule has 0 spiro atoms. The molecule has 2 N–H and O–H groups in total. The average molecular weight is 300 g/mol. The minimum Gasteiger partial charge on any atom is -0.477 e. The van der Waals surface area contributed by atoms with Gasteiger partial charge in [-0.3, -0.25) is 0 Å². The Bertz CT molecular complexity index is 614. The normalized spacial score (nSPS) is 17.1. The summed E-state index contributed by atoms with van der Waals surface area (Å²) in [6, 6.07) is 1.22. The first kappa shape index (κ1) is 15.1. The maximum Gasteiger partial charge on any atom is 0.352 e. The van der Waals surface area contributed by atoms with Crippen LogP contribution in [0.2, 0.25) is 0 Å². The lowest BCUT2D eigenvalue weighted by Crippen LogP contribution is -2.28. The van der Waals surface area contributed by atoms with E-state index in [1.165, 1.54) is 16.8 Å². The summed E-state index contributed by atoms with van der Waals surface area (Å²) in [5.41, 5.74) is 0.0687. The standard InChI is InChI=1S/C13H20N2O4S/c1-3-6-15-8-10(7-11(15)12(16)17)20(18,19)14-9-13(2)4-5-13/h7-8,14H,3-6,9H2,1-2H3,(H,16,17). The first-order chi connectivity index (χ1) is 9.27. The average Bonchev–Trinajstić information content (AvgIpc) is 2.94. The Hall–Kier alpha value is -1.34. The highest BCUT2D eigenvalue weighted by atomic mass is 32.2. The van der Waals surface area contributed by atoms with Crippen molar-refractivity contribution in [3.63, 3.8) is 0 Å². The van der Waals surface area contributed by atoms with E-state index < -0.39 is 16.0 Å². The molecule has 0 aliphatic heterocycles. The molecule has 1 heterocycles. The van der Waals surface area contributed by atoms with Crippen molar-refractivity contribution >= 4 is 16.0 Å². The third-order valence-corrected chi connectivity index (χ3v) is 5.03. The number of carboxylic acid groups (broad SMARTS) is 1. The van der Waals surface area contributed by atoms with Gasteiger partial charge in [0.25, 0.3) is 0 Å². The maximum absolute atomic E-state index is 12.2. The van der Waals surface area contributed by atoms with E-state index in [-0.39, 0.29) is 16.0 Å². The number of carbonyl (C=O) groups is 1. The minimum atomic E-state index is -3.64. The van der Waals surface area contributed by atoms with Crippen molar-refractivity contribution in [2.24, 2.45) is 5.41 Å². The van der Waals surface area contributed by atoms with Crippen LogP contribution in [0.5, 0.6) is 0 Å². The largest absolute Gasteiger partial charge is 0.477 e. The van der Waals surface area contributed by atoms with Crippen molar-refractivity contribution in [1.29, 1.82) is 0 Å². The molecule has 6 nitrogen and oxygen atoms in total. The highest BCUT2D eigenvalue weighted by molar-refractivity contribution is 7.89. The molecule has 20 heavy (non-hydrogen) atoms. The van der Waals surface area contributed by atoms with Gasteiger partial charge >= 0.3 is 5.97 Å². The summed E-state index contributed by atoms with van der Waals surface area (Å²) >= 11 is 0. The predicted molar refractivity (Wildman–Crippen MR) is 74.2 cm³/mol. The Morgan fingerprint density at radius 3 is 2.65 bits per heavy atom. The quantitative estimate of drug-likeness (QED) is 0.802. The molecule has 1 aromatic heterocycles. The van der Waals surface area contributed by atoms with Gasteiger partial charge in [0.05, 0.1) is 0 Å². The summed E-state index contributed by atoms with van der Waals surface area (Å²) in [6.45, 7) is 4.82. The Balaban J connectivity index is 2.22. The van der Waals surface area contributed by atoms with E-state index in [1.54, 1.807) is 0 Å². The molecule has 0 aromatic carbocycles. The van der Waals surface area contributed by atoms with Crippen molar-refractivity contribution in [3.05, 3.63) is 18.0 Å². The Morgan fingerprint density at radius 2 is 2.15 bits per heavy atom. The molecule has 0 bridgehead atoms. The van der Waals surface area contributed by atoms with E-state index in [0.717, 1.165) is 19.3 Å². The molecule has 1 fully saturated rings. The van der Waals surface area contributed by atoms with Gasteiger partial charge < -0.3 is 9.67 Å². The zero-order chi connectivity index (χ0) is 15.0. The minimum absolute atomic E-state index is 0.00450. The van der Waals surface area contributed by atoms with Crippen LogP contribution >= 0.6 is 0 Å². The lowest BCUT2D eigenvalue weighted by atomic mass is 10.2. The fraction of sp³-hybridized carbons (Fsp3) is 0.615. The zero-order valence-electron chi connectivity index (χ0n) is 11.7. The Kier molecular flexibility index (Phi) is 3.93. The second-order valence-corrected chi connectivity index (χ2v) is 7.46. The van der Waals surface area contributed by atoms with Crippen LogP contribution in [0.3, 0.4) is 0 Å². The van der Waals surface area contributed by atoms with Gasteiger partial charge in [0.1, 0.15) is 10.6 Å². The summed E-state index contributed by atoms with van der Waals surface area (Å²) in [6.07, 6.45) is 4.17. The molecule has 1 aromatic rings. The lowest BCUT2D eigenvalue weighted by molar-refractivity contribution is 0.0685. The van der Waals surface area contributed by atoms with Crippen molar-refractivity contribution in [2.45, 2.75) is 44.6 Å². The van der Waals surface area contributed by atoms with Gasteiger partial charge in [-0.05, 0) is 30.7 Å². The van der Waals surface area contributed by atoms with E-state index in [1.807, 2.05) is 13.8 Å². The third kappa shape index (κ3) is 3.21. The van der Waals surface area contributed by atoms with Gasteiger partial charge in [0.15, 0.2) is 0 Å². The zero-order valence-corrected chi connectivity index (χ0v) is 12.5. The van der Waals surface area contributed by atoms with Gasteiger partial charge in [0.2, 0.25) is 10.0 Å². The highest BCUT2D eigenvalue weighted by Crippen LogP contribution is 2.44. The van der Waals surface area contributed by atoms with Crippen LogP contribution in [0.1, 0.15) is 43.6 Å². The van der Waals surface area contributed by atoms with Crippen molar-refractivity contribution in [3.8, 4) is 0 Å². The number of aromatic nitrogens is 1. The van der Waals surface area contributed by atoms with E-state index in [4.69, 9.17) is 5.11 Å². The SMILES string of the molecule is CCCn1cc(S(=O)(=O)NCC2(C)CC2)cc1C(=O)O. The number of aromatic carboxylic acids is 1. The first-order valence-electron chi connectivity index (χ1n) is 6.70. The Morgan fingerprint density at radius 1 is 1.50 bits per heavy atom. The van der Waals surface area contributed by atoms with Crippen LogP contribution in [-0.2, 0) is 16.6 Å².